The van der Waals surface area contributed by atoms with Crippen LogP contribution in [0.4, 0.5) is 0 Å². The van der Waals surface area contributed by atoms with Crippen LogP contribution in [0.1, 0.15) is 32.6 Å². The maximum atomic E-state index is 5.34. The van der Waals surface area contributed by atoms with Crippen molar-refractivity contribution in [2.45, 2.75) is 38.7 Å². The van der Waals surface area contributed by atoms with Crippen LogP contribution in [-0.2, 0) is 4.74 Å². The van der Waals surface area contributed by atoms with Gasteiger partial charge >= 0.3 is 0 Å². The van der Waals surface area contributed by atoms with Gasteiger partial charge in [0, 0.05) is 0 Å². The van der Waals surface area contributed by atoms with Crippen molar-refractivity contribution >= 4 is 0 Å². The van der Waals surface area contributed by atoms with Gasteiger partial charge in [0.05, 0.1) is 12.4 Å². The molecule has 0 aromatic rings. The SMILES string of the molecule is CCC=COC1CCC1. The van der Waals surface area contributed by atoms with E-state index in [0.29, 0.717) is 6.10 Å². The second-order valence-corrected chi connectivity index (χ2v) is 2.47. The molecule has 0 unspecified atom stereocenters. The molecule has 1 fully saturated rings. The standard InChI is InChI=1S/C8H14O/c1-2-3-7-9-8-5-4-6-8/h3,7-8H,2,4-6H2,1H3. The summed E-state index contributed by atoms with van der Waals surface area (Å²) in [7, 11) is 0. The summed E-state index contributed by atoms with van der Waals surface area (Å²) in [6, 6.07) is 0. The van der Waals surface area contributed by atoms with Gasteiger partial charge in [0.2, 0.25) is 0 Å². The van der Waals surface area contributed by atoms with Gasteiger partial charge in [0.15, 0.2) is 0 Å². The fourth-order valence-electron chi connectivity index (χ4n) is 0.770. The van der Waals surface area contributed by atoms with Crippen molar-refractivity contribution in [2.24, 2.45) is 0 Å². The molecule has 1 aliphatic rings. The summed E-state index contributed by atoms with van der Waals surface area (Å²) >= 11 is 0. The zero-order valence-corrected chi connectivity index (χ0v) is 5.97. The lowest BCUT2D eigenvalue weighted by Crippen LogP contribution is -2.18. The normalized spacial score (nSPS) is 20.1. The molecule has 0 atom stereocenters. The minimum absolute atomic E-state index is 0.549. The van der Waals surface area contributed by atoms with Crippen molar-refractivity contribution in [1.29, 1.82) is 0 Å². The summed E-state index contributed by atoms with van der Waals surface area (Å²) < 4.78 is 5.34. The van der Waals surface area contributed by atoms with E-state index in [2.05, 4.69) is 13.0 Å². The molecule has 0 saturated heterocycles. The minimum Gasteiger partial charge on any atom is -0.498 e. The third kappa shape index (κ3) is 2.08. The summed E-state index contributed by atoms with van der Waals surface area (Å²) in [5.74, 6) is 0. The van der Waals surface area contributed by atoms with E-state index < -0.39 is 0 Å². The van der Waals surface area contributed by atoms with Crippen LogP contribution in [0, 0.1) is 0 Å². The Labute approximate surface area is 56.7 Å². The second-order valence-electron chi connectivity index (χ2n) is 2.47. The summed E-state index contributed by atoms with van der Waals surface area (Å²) in [5, 5.41) is 0. The van der Waals surface area contributed by atoms with E-state index in [1.165, 1.54) is 19.3 Å². The molecule has 52 valence electrons. The number of allylic oxidation sites excluding steroid dienone is 1. The molecule has 1 rings (SSSR count). The number of rotatable bonds is 3. The first kappa shape index (κ1) is 6.66. The third-order valence-electron chi connectivity index (χ3n) is 1.66. The molecule has 0 aromatic carbocycles. The van der Waals surface area contributed by atoms with Crippen LogP contribution in [0.3, 0.4) is 0 Å². The lowest BCUT2D eigenvalue weighted by atomic mass is 9.96. The highest BCUT2D eigenvalue weighted by atomic mass is 16.5. The van der Waals surface area contributed by atoms with Gasteiger partial charge in [-0.05, 0) is 25.7 Å². The first-order chi connectivity index (χ1) is 4.43. The molecule has 1 aliphatic carbocycles. The molecule has 1 saturated carbocycles. The van der Waals surface area contributed by atoms with Crippen molar-refractivity contribution in [3.8, 4) is 0 Å². The molecule has 1 nitrogen and oxygen atoms in total. The van der Waals surface area contributed by atoms with Crippen molar-refractivity contribution in [2.75, 3.05) is 0 Å². The molecule has 0 radical (unpaired) electrons. The lowest BCUT2D eigenvalue weighted by Gasteiger charge is -2.24. The van der Waals surface area contributed by atoms with Crippen LogP contribution in [-0.4, -0.2) is 6.10 Å². The molecule has 0 spiro atoms. The predicted octanol–water partition coefficient (Wildman–Crippen LogP) is 2.48. The monoisotopic (exact) mass is 126 g/mol. The fourth-order valence-corrected chi connectivity index (χ4v) is 0.770. The van der Waals surface area contributed by atoms with Crippen molar-refractivity contribution < 1.29 is 4.74 Å². The van der Waals surface area contributed by atoms with Gasteiger partial charge in [0.1, 0.15) is 0 Å². The van der Waals surface area contributed by atoms with E-state index in [0.717, 1.165) is 6.42 Å². The Morgan fingerprint density at radius 3 is 2.78 bits per heavy atom. The first-order valence-corrected chi connectivity index (χ1v) is 3.74. The van der Waals surface area contributed by atoms with Gasteiger partial charge < -0.3 is 4.74 Å². The van der Waals surface area contributed by atoms with Crippen LogP contribution in [0.5, 0.6) is 0 Å². The maximum Gasteiger partial charge on any atom is 0.0978 e. The summed E-state index contributed by atoms with van der Waals surface area (Å²) in [5.41, 5.74) is 0. The molecule has 0 aliphatic heterocycles. The fraction of sp³-hybridized carbons (Fsp3) is 0.750. The number of hydrogen-bond donors (Lipinski definition) is 0. The van der Waals surface area contributed by atoms with E-state index in [4.69, 9.17) is 4.74 Å². The van der Waals surface area contributed by atoms with Gasteiger partial charge in [-0.2, -0.15) is 0 Å². The zero-order valence-electron chi connectivity index (χ0n) is 5.97. The van der Waals surface area contributed by atoms with Gasteiger partial charge in [-0.1, -0.05) is 13.0 Å². The van der Waals surface area contributed by atoms with E-state index in [9.17, 15) is 0 Å². The van der Waals surface area contributed by atoms with Crippen LogP contribution >= 0.6 is 0 Å². The average molecular weight is 126 g/mol. The Kier molecular flexibility index (Phi) is 2.62. The van der Waals surface area contributed by atoms with Crippen LogP contribution in [0.25, 0.3) is 0 Å². The minimum atomic E-state index is 0.549. The smallest absolute Gasteiger partial charge is 0.0978 e. The van der Waals surface area contributed by atoms with Gasteiger partial charge in [-0.25, -0.2) is 0 Å². The molecule has 0 amide bonds. The third-order valence-corrected chi connectivity index (χ3v) is 1.66. The Morgan fingerprint density at radius 2 is 2.33 bits per heavy atom. The van der Waals surface area contributed by atoms with Crippen LogP contribution < -0.4 is 0 Å². The van der Waals surface area contributed by atoms with E-state index in [1.54, 1.807) is 0 Å². The Bertz CT molecular complexity index is 92.7. The largest absolute Gasteiger partial charge is 0.498 e. The summed E-state index contributed by atoms with van der Waals surface area (Å²) in [6.07, 6.45) is 9.38. The van der Waals surface area contributed by atoms with Gasteiger partial charge in [-0.3, -0.25) is 0 Å². The lowest BCUT2D eigenvalue weighted by molar-refractivity contribution is 0.0734. The molecule has 0 heterocycles. The first-order valence-electron chi connectivity index (χ1n) is 3.74. The number of hydrogen-bond acceptors (Lipinski definition) is 1. The topological polar surface area (TPSA) is 9.23 Å². The zero-order chi connectivity index (χ0) is 6.53. The highest BCUT2D eigenvalue weighted by Gasteiger charge is 2.16. The van der Waals surface area contributed by atoms with E-state index in [-0.39, 0.29) is 0 Å². The Morgan fingerprint density at radius 1 is 1.56 bits per heavy atom. The quantitative estimate of drug-likeness (QED) is 0.528. The van der Waals surface area contributed by atoms with Crippen LogP contribution in [0.2, 0.25) is 0 Å². The van der Waals surface area contributed by atoms with Gasteiger partial charge in [-0.15, -0.1) is 0 Å². The second kappa shape index (κ2) is 3.54. The van der Waals surface area contributed by atoms with E-state index in [1.807, 2.05) is 6.26 Å². The number of ether oxygens (including phenoxy) is 1. The van der Waals surface area contributed by atoms with Crippen molar-refractivity contribution in [3.63, 3.8) is 0 Å². The maximum absolute atomic E-state index is 5.34. The molecule has 0 bridgehead atoms. The van der Waals surface area contributed by atoms with Crippen molar-refractivity contribution in [3.05, 3.63) is 12.3 Å². The Hall–Kier alpha value is -0.460. The molecule has 1 heteroatoms. The average Bonchev–Trinajstić information content (AvgIpc) is 1.76. The summed E-state index contributed by atoms with van der Waals surface area (Å²) in [4.78, 5) is 0. The molecule has 0 N–H and O–H groups in total. The molecular formula is C8H14O. The molecule has 0 aromatic heterocycles. The summed E-state index contributed by atoms with van der Waals surface area (Å²) in [6.45, 7) is 2.11. The predicted molar refractivity (Wildman–Crippen MR) is 38.2 cm³/mol. The highest BCUT2D eigenvalue weighted by molar-refractivity contribution is 4.76. The van der Waals surface area contributed by atoms with Crippen molar-refractivity contribution in [1.82, 2.24) is 0 Å². The molecular weight excluding hydrogens is 112 g/mol. The highest BCUT2D eigenvalue weighted by Crippen LogP contribution is 2.21. The Balaban J connectivity index is 1.97. The van der Waals surface area contributed by atoms with Gasteiger partial charge in [0.25, 0.3) is 0 Å². The van der Waals surface area contributed by atoms with Crippen LogP contribution in [0.15, 0.2) is 12.3 Å². The van der Waals surface area contributed by atoms with E-state index >= 15 is 0 Å². The molecule has 9 heavy (non-hydrogen) atoms.